The van der Waals surface area contributed by atoms with Crippen LogP contribution in [-0.2, 0) is 23.7 Å². The van der Waals surface area contributed by atoms with Crippen LogP contribution in [0.3, 0.4) is 0 Å². The second-order valence-electron chi connectivity index (χ2n) is 4.31. The molecule has 1 aromatic heterocycles. The summed E-state index contributed by atoms with van der Waals surface area (Å²) >= 11 is 0. The van der Waals surface area contributed by atoms with Crippen LogP contribution in [0, 0.1) is 11.3 Å². The van der Waals surface area contributed by atoms with Crippen LogP contribution in [0.25, 0.3) is 0 Å². The Morgan fingerprint density at radius 3 is 2.58 bits per heavy atom. The number of nitriles is 1. The largest absolute Gasteiger partial charge is 0.298 e. The molecule has 0 saturated carbocycles. The van der Waals surface area contributed by atoms with Gasteiger partial charge in [0.05, 0.1) is 13.1 Å². The molecular formula is C13H13N5O. The lowest BCUT2D eigenvalue weighted by molar-refractivity contribution is -0.120. The number of Topliss-reactive ketones (excluding diaryl/α,β-unsaturated/α-hetero) is 1. The van der Waals surface area contributed by atoms with E-state index in [0.29, 0.717) is 11.4 Å². The van der Waals surface area contributed by atoms with E-state index in [1.807, 2.05) is 6.07 Å². The lowest BCUT2D eigenvalue weighted by Gasteiger charge is -2.22. The van der Waals surface area contributed by atoms with Crippen molar-refractivity contribution in [1.29, 1.82) is 5.26 Å². The van der Waals surface area contributed by atoms with Gasteiger partial charge >= 0.3 is 0 Å². The predicted molar refractivity (Wildman–Crippen MR) is 66.9 cm³/mol. The van der Waals surface area contributed by atoms with E-state index in [1.54, 1.807) is 31.3 Å². The third kappa shape index (κ3) is 2.36. The number of carbonyl (C=O) groups is 1. The van der Waals surface area contributed by atoms with Crippen molar-refractivity contribution < 1.29 is 4.79 Å². The number of benzene rings is 1. The molecule has 1 unspecified atom stereocenters. The molecule has 0 radical (unpaired) electrons. The average Bonchev–Trinajstić information content (AvgIpc) is 2.82. The van der Waals surface area contributed by atoms with Crippen molar-refractivity contribution in [3.05, 3.63) is 41.7 Å². The number of hydrogen-bond acceptors (Lipinski definition) is 5. The first-order chi connectivity index (χ1) is 9.08. The number of tetrazole rings is 1. The molecule has 2 rings (SSSR count). The number of nitrogens with zero attached hydrogens (tertiary/aromatic N) is 5. The zero-order chi connectivity index (χ0) is 13.9. The van der Waals surface area contributed by atoms with Crippen molar-refractivity contribution in [2.24, 2.45) is 7.05 Å². The zero-order valence-electron chi connectivity index (χ0n) is 10.7. The molecule has 0 spiro atoms. The number of ketones is 1. The highest BCUT2D eigenvalue weighted by molar-refractivity contribution is 5.91. The number of aryl methyl sites for hydroxylation is 1. The Hall–Kier alpha value is -2.55. The highest BCUT2D eigenvalue weighted by atomic mass is 16.1. The van der Waals surface area contributed by atoms with Gasteiger partial charge in [0.25, 0.3) is 0 Å². The predicted octanol–water partition coefficient (Wildman–Crippen LogP) is 0.803. The minimum atomic E-state index is -1.26. The third-order valence-corrected chi connectivity index (χ3v) is 3.03. The molecular weight excluding hydrogens is 242 g/mol. The number of aromatic nitrogens is 4. The van der Waals surface area contributed by atoms with Gasteiger partial charge in [-0.25, -0.2) is 0 Å². The molecule has 1 atom stereocenters. The van der Waals surface area contributed by atoms with E-state index >= 15 is 0 Å². The van der Waals surface area contributed by atoms with Crippen molar-refractivity contribution in [3.8, 4) is 6.07 Å². The van der Waals surface area contributed by atoms with Gasteiger partial charge in [0.15, 0.2) is 11.6 Å². The van der Waals surface area contributed by atoms with Crippen LogP contribution in [0.2, 0.25) is 0 Å². The number of carbonyl (C=O) groups excluding carboxylic acids is 1. The van der Waals surface area contributed by atoms with E-state index in [-0.39, 0.29) is 12.2 Å². The maximum Gasteiger partial charge on any atom is 0.177 e. The summed E-state index contributed by atoms with van der Waals surface area (Å²) in [4.78, 5) is 13.3. The van der Waals surface area contributed by atoms with Gasteiger partial charge in [-0.05, 0) is 17.7 Å². The first-order valence-corrected chi connectivity index (χ1v) is 5.79. The summed E-state index contributed by atoms with van der Waals surface area (Å²) in [5.74, 6) is 0.150. The third-order valence-electron chi connectivity index (χ3n) is 3.03. The Labute approximate surface area is 110 Å². The maximum absolute atomic E-state index is 12.0. The fourth-order valence-corrected chi connectivity index (χ4v) is 1.97. The lowest BCUT2D eigenvalue weighted by Crippen LogP contribution is -2.35. The standard InChI is InChI=1S/C13H13N5O/c1-10(19)13(9-14,11-6-4-3-5-7-11)8-12-15-17-18(2)16-12/h3-7H,8H2,1-2H3. The summed E-state index contributed by atoms with van der Waals surface area (Å²) in [7, 11) is 1.64. The SMILES string of the molecule is CC(=O)C(C#N)(Cc1nnn(C)n1)c1ccccc1. The normalized spacial score (nSPS) is 13.5. The summed E-state index contributed by atoms with van der Waals surface area (Å²) in [6.45, 7) is 1.41. The summed E-state index contributed by atoms with van der Waals surface area (Å²) in [6.07, 6.45) is 0.122. The minimum absolute atomic E-state index is 0.122. The minimum Gasteiger partial charge on any atom is -0.298 e. The Kier molecular flexibility index (Phi) is 3.38. The lowest BCUT2D eigenvalue weighted by atomic mass is 9.75. The van der Waals surface area contributed by atoms with Crippen LogP contribution in [0.4, 0.5) is 0 Å². The molecule has 1 aromatic carbocycles. The molecule has 0 aliphatic heterocycles. The zero-order valence-corrected chi connectivity index (χ0v) is 10.7. The van der Waals surface area contributed by atoms with E-state index in [9.17, 15) is 10.1 Å². The van der Waals surface area contributed by atoms with Crippen LogP contribution in [0.15, 0.2) is 30.3 Å². The Bertz CT molecular complexity index is 628. The van der Waals surface area contributed by atoms with E-state index in [1.165, 1.54) is 11.7 Å². The fourth-order valence-electron chi connectivity index (χ4n) is 1.97. The molecule has 6 nitrogen and oxygen atoms in total. The summed E-state index contributed by atoms with van der Waals surface area (Å²) < 4.78 is 0. The molecule has 2 aromatic rings. The highest BCUT2D eigenvalue weighted by Gasteiger charge is 2.39. The first-order valence-electron chi connectivity index (χ1n) is 5.79. The molecule has 96 valence electrons. The molecule has 19 heavy (non-hydrogen) atoms. The van der Waals surface area contributed by atoms with Crippen molar-refractivity contribution in [2.75, 3.05) is 0 Å². The van der Waals surface area contributed by atoms with Gasteiger partial charge in [-0.1, -0.05) is 30.3 Å². The van der Waals surface area contributed by atoms with Gasteiger partial charge < -0.3 is 0 Å². The van der Waals surface area contributed by atoms with Gasteiger partial charge in [-0.2, -0.15) is 10.1 Å². The second-order valence-corrected chi connectivity index (χ2v) is 4.31. The highest BCUT2D eigenvalue weighted by Crippen LogP contribution is 2.28. The Balaban J connectivity index is 2.47. The van der Waals surface area contributed by atoms with E-state index in [0.717, 1.165) is 0 Å². The van der Waals surface area contributed by atoms with Gasteiger partial charge in [0.1, 0.15) is 5.41 Å². The molecule has 6 heteroatoms. The quantitative estimate of drug-likeness (QED) is 0.806. The van der Waals surface area contributed by atoms with Crippen LogP contribution < -0.4 is 0 Å². The number of rotatable bonds is 4. The fraction of sp³-hybridized carbons (Fsp3) is 0.308. The van der Waals surface area contributed by atoms with Gasteiger partial charge in [-0.3, -0.25) is 4.79 Å². The maximum atomic E-state index is 12.0. The van der Waals surface area contributed by atoms with E-state index in [2.05, 4.69) is 21.5 Å². The topological polar surface area (TPSA) is 84.5 Å². The van der Waals surface area contributed by atoms with Gasteiger partial charge in [0.2, 0.25) is 0 Å². The van der Waals surface area contributed by atoms with Crippen LogP contribution in [0.1, 0.15) is 18.3 Å². The van der Waals surface area contributed by atoms with Crippen molar-refractivity contribution in [2.45, 2.75) is 18.8 Å². The summed E-state index contributed by atoms with van der Waals surface area (Å²) in [5.41, 5.74) is -0.609. The average molecular weight is 255 g/mol. The van der Waals surface area contributed by atoms with Crippen LogP contribution in [-0.4, -0.2) is 26.0 Å². The smallest absolute Gasteiger partial charge is 0.177 e. The van der Waals surface area contributed by atoms with Gasteiger partial charge in [0, 0.05) is 6.42 Å². The van der Waals surface area contributed by atoms with Crippen molar-refractivity contribution in [3.63, 3.8) is 0 Å². The molecule has 0 amide bonds. The molecule has 0 fully saturated rings. The van der Waals surface area contributed by atoms with Crippen molar-refractivity contribution >= 4 is 5.78 Å². The van der Waals surface area contributed by atoms with E-state index < -0.39 is 5.41 Å². The summed E-state index contributed by atoms with van der Waals surface area (Å²) in [5, 5.41) is 21.1. The van der Waals surface area contributed by atoms with Crippen LogP contribution >= 0.6 is 0 Å². The van der Waals surface area contributed by atoms with Gasteiger partial charge in [-0.15, -0.1) is 10.2 Å². The van der Waals surface area contributed by atoms with E-state index in [4.69, 9.17) is 0 Å². The first kappa shape index (κ1) is 12.9. The molecule has 0 aliphatic rings. The van der Waals surface area contributed by atoms with Crippen LogP contribution in [0.5, 0.6) is 0 Å². The monoisotopic (exact) mass is 255 g/mol. The summed E-state index contributed by atoms with van der Waals surface area (Å²) in [6, 6.07) is 11.1. The molecule has 1 heterocycles. The Morgan fingerprint density at radius 2 is 2.11 bits per heavy atom. The molecule has 0 aliphatic carbocycles. The molecule has 0 saturated heterocycles. The van der Waals surface area contributed by atoms with Crippen molar-refractivity contribution in [1.82, 2.24) is 20.2 Å². The second kappa shape index (κ2) is 4.98. The number of hydrogen-bond donors (Lipinski definition) is 0. The molecule has 0 bridgehead atoms. The molecule has 0 N–H and O–H groups in total. The Morgan fingerprint density at radius 1 is 1.42 bits per heavy atom.